The Kier molecular flexibility index (Phi) is 5.28. The van der Waals surface area contributed by atoms with Gasteiger partial charge in [-0.2, -0.15) is 0 Å². The Morgan fingerprint density at radius 3 is 2.65 bits per heavy atom. The number of ketones is 1. The first-order valence-corrected chi connectivity index (χ1v) is 7.58. The van der Waals surface area contributed by atoms with Gasteiger partial charge in [-0.25, -0.2) is 0 Å². The highest BCUT2D eigenvalue weighted by atomic mass is 16.1. The van der Waals surface area contributed by atoms with Crippen molar-refractivity contribution in [3.63, 3.8) is 0 Å². The second-order valence-electron chi connectivity index (χ2n) is 5.79. The molecule has 1 fully saturated rings. The normalized spacial score (nSPS) is 22.9. The fraction of sp³-hybridized carbons (Fsp3) is 0.812. The maximum atomic E-state index is 12.2. The van der Waals surface area contributed by atoms with E-state index in [-0.39, 0.29) is 0 Å². The summed E-state index contributed by atoms with van der Waals surface area (Å²) in [5.74, 6) is 1.31. The van der Waals surface area contributed by atoms with E-state index in [9.17, 15) is 4.79 Å². The van der Waals surface area contributed by atoms with Gasteiger partial charge in [-0.05, 0) is 43.6 Å². The minimum atomic E-state index is 0.457. The van der Waals surface area contributed by atoms with Crippen LogP contribution in [0.25, 0.3) is 0 Å². The number of Topliss-reactive ketones (excluding diaryl/α,β-unsaturated/α-hetero) is 1. The van der Waals surface area contributed by atoms with Gasteiger partial charge in [0.1, 0.15) is 0 Å². The van der Waals surface area contributed by atoms with E-state index in [4.69, 9.17) is 0 Å². The molecule has 1 heteroatoms. The van der Waals surface area contributed by atoms with Crippen LogP contribution in [0.1, 0.15) is 77.0 Å². The van der Waals surface area contributed by atoms with Crippen LogP contribution < -0.4 is 0 Å². The molecule has 0 amide bonds. The number of rotatable bonds is 4. The minimum Gasteiger partial charge on any atom is -0.295 e. The summed E-state index contributed by atoms with van der Waals surface area (Å²) in [4.78, 5) is 12.2. The molecule has 0 aromatic heterocycles. The topological polar surface area (TPSA) is 17.1 Å². The fourth-order valence-electron chi connectivity index (χ4n) is 3.24. The van der Waals surface area contributed by atoms with E-state index in [2.05, 4.69) is 6.08 Å². The SMILES string of the molecule is O=C(CCC1CCCC1)C1=CCCCCCC1. The monoisotopic (exact) mass is 234 g/mol. The number of carbonyl (C=O) groups is 1. The summed E-state index contributed by atoms with van der Waals surface area (Å²) >= 11 is 0. The quantitative estimate of drug-likeness (QED) is 0.682. The third-order valence-electron chi connectivity index (χ3n) is 4.40. The van der Waals surface area contributed by atoms with E-state index in [0.29, 0.717) is 5.78 Å². The molecule has 0 bridgehead atoms. The van der Waals surface area contributed by atoms with Gasteiger partial charge in [-0.1, -0.05) is 44.6 Å². The summed E-state index contributed by atoms with van der Waals surface area (Å²) in [6.07, 6.45) is 17.0. The molecule has 0 aromatic carbocycles. The molecule has 0 aliphatic heterocycles. The molecule has 0 unspecified atom stereocenters. The van der Waals surface area contributed by atoms with Gasteiger partial charge >= 0.3 is 0 Å². The number of carbonyl (C=O) groups excluding carboxylic acids is 1. The van der Waals surface area contributed by atoms with Crippen molar-refractivity contribution in [2.45, 2.75) is 77.0 Å². The highest BCUT2D eigenvalue weighted by Gasteiger charge is 2.17. The van der Waals surface area contributed by atoms with Crippen molar-refractivity contribution in [1.82, 2.24) is 0 Å². The van der Waals surface area contributed by atoms with Crippen LogP contribution in [0.2, 0.25) is 0 Å². The van der Waals surface area contributed by atoms with Crippen molar-refractivity contribution in [2.75, 3.05) is 0 Å². The third-order valence-corrected chi connectivity index (χ3v) is 4.40. The number of hydrogen-bond donors (Lipinski definition) is 0. The molecule has 1 nitrogen and oxygen atoms in total. The molecule has 0 N–H and O–H groups in total. The van der Waals surface area contributed by atoms with Gasteiger partial charge in [0.15, 0.2) is 5.78 Å². The smallest absolute Gasteiger partial charge is 0.158 e. The van der Waals surface area contributed by atoms with Gasteiger partial charge in [0.05, 0.1) is 0 Å². The molecular weight excluding hydrogens is 208 g/mol. The Morgan fingerprint density at radius 2 is 1.82 bits per heavy atom. The lowest BCUT2D eigenvalue weighted by Crippen LogP contribution is -2.06. The highest BCUT2D eigenvalue weighted by molar-refractivity contribution is 5.95. The van der Waals surface area contributed by atoms with Crippen LogP contribution in [-0.4, -0.2) is 5.78 Å². The van der Waals surface area contributed by atoms with Crippen molar-refractivity contribution in [2.24, 2.45) is 5.92 Å². The van der Waals surface area contributed by atoms with Crippen molar-refractivity contribution in [1.29, 1.82) is 0 Å². The van der Waals surface area contributed by atoms with Crippen LogP contribution in [0.5, 0.6) is 0 Å². The summed E-state index contributed by atoms with van der Waals surface area (Å²) in [7, 11) is 0. The predicted molar refractivity (Wildman–Crippen MR) is 72.0 cm³/mol. The zero-order valence-electron chi connectivity index (χ0n) is 11.0. The van der Waals surface area contributed by atoms with E-state index in [0.717, 1.165) is 37.2 Å². The Hall–Kier alpha value is -0.590. The molecule has 0 radical (unpaired) electrons. The molecule has 0 atom stereocenters. The molecule has 1 saturated carbocycles. The fourth-order valence-corrected chi connectivity index (χ4v) is 3.24. The van der Waals surface area contributed by atoms with Gasteiger partial charge in [0.25, 0.3) is 0 Å². The number of hydrogen-bond acceptors (Lipinski definition) is 1. The van der Waals surface area contributed by atoms with Gasteiger partial charge in [0, 0.05) is 6.42 Å². The summed E-state index contributed by atoms with van der Waals surface area (Å²) in [6, 6.07) is 0. The van der Waals surface area contributed by atoms with Gasteiger partial charge in [0.2, 0.25) is 0 Å². The first-order chi connectivity index (χ1) is 8.36. The van der Waals surface area contributed by atoms with Crippen molar-refractivity contribution < 1.29 is 4.79 Å². The first kappa shape index (κ1) is 12.9. The lowest BCUT2D eigenvalue weighted by molar-refractivity contribution is -0.116. The van der Waals surface area contributed by atoms with Gasteiger partial charge in [-0.3, -0.25) is 4.79 Å². The van der Waals surface area contributed by atoms with Crippen molar-refractivity contribution in [3.05, 3.63) is 11.6 Å². The second kappa shape index (κ2) is 6.98. The first-order valence-electron chi connectivity index (χ1n) is 7.58. The second-order valence-corrected chi connectivity index (χ2v) is 5.79. The third kappa shape index (κ3) is 4.29. The van der Waals surface area contributed by atoms with E-state index in [1.807, 2.05) is 0 Å². The average Bonchev–Trinajstić information content (AvgIpc) is 2.78. The van der Waals surface area contributed by atoms with Crippen LogP contribution in [-0.2, 0) is 4.79 Å². The summed E-state index contributed by atoms with van der Waals surface area (Å²) < 4.78 is 0. The van der Waals surface area contributed by atoms with E-state index in [1.54, 1.807) is 0 Å². The molecule has 0 saturated heterocycles. The molecule has 2 rings (SSSR count). The van der Waals surface area contributed by atoms with E-state index >= 15 is 0 Å². The molecule has 0 aromatic rings. The van der Waals surface area contributed by atoms with Crippen molar-refractivity contribution in [3.8, 4) is 0 Å². The summed E-state index contributed by atoms with van der Waals surface area (Å²) in [5.41, 5.74) is 1.16. The number of allylic oxidation sites excluding steroid dienone is 2. The Balaban J connectivity index is 1.76. The molecular formula is C16H26O. The lowest BCUT2D eigenvalue weighted by Gasteiger charge is -2.12. The summed E-state index contributed by atoms with van der Waals surface area (Å²) in [5, 5.41) is 0. The largest absolute Gasteiger partial charge is 0.295 e. The molecule has 0 heterocycles. The molecule has 96 valence electrons. The predicted octanol–water partition coefficient (Wildman–Crippen LogP) is 4.81. The maximum Gasteiger partial charge on any atom is 0.158 e. The van der Waals surface area contributed by atoms with E-state index < -0.39 is 0 Å². The van der Waals surface area contributed by atoms with Gasteiger partial charge < -0.3 is 0 Å². The molecule has 0 spiro atoms. The standard InChI is InChI=1S/C16H26O/c17-16(13-12-14-8-6-7-9-14)15-10-4-2-1-3-5-11-15/h10,14H,1-9,11-13H2. The minimum absolute atomic E-state index is 0.457. The molecule has 2 aliphatic carbocycles. The van der Waals surface area contributed by atoms with Crippen LogP contribution in [0.15, 0.2) is 11.6 Å². The van der Waals surface area contributed by atoms with Crippen LogP contribution >= 0.6 is 0 Å². The average molecular weight is 234 g/mol. The Labute approximate surface area is 106 Å². The van der Waals surface area contributed by atoms with Crippen molar-refractivity contribution >= 4 is 5.78 Å². The van der Waals surface area contributed by atoms with E-state index in [1.165, 1.54) is 51.4 Å². The molecule has 2 aliphatic rings. The van der Waals surface area contributed by atoms with Gasteiger partial charge in [-0.15, -0.1) is 0 Å². The zero-order chi connectivity index (χ0) is 11.9. The van der Waals surface area contributed by atoms with Crippen LogP contribution in [0, 0.1) is 5.92 Å². The van der Waals surface area contributed by atoms with Crippen LogP contribution in [0.3, 0.4) is 0 Å². The highest BCUT2D eigenvalue weighted by Crippen LogP contribution is 2.29. The Bertz CT molecular complexity index is 271. The summed E-state index contributed by atoms with van der Waals surface area (Å²) in [6.45, 7) is 0. The lowest BCUT2D eigenvalue weighted by atomic mass is 9.92. The maximum absolute atomic E-state index is 12.2. The van der Waals surface area contributed by atoms with Crippen LogP contribution in [0.4, 0.5) is 0 Å². The molecule has 17 heavy (non-hydrogen) atoms. The Morgan fingerprint density at radius 1 is 1.06 bits per heavy atom. The zero-order valence-corrected chi connectivity index (χ0v) is 11.0.